The van der Waals surface area contributed by atoms with Gasteiger partial charge in [-0.15, -0.1) is 0 Å². The molecule has 0 saturated heterocycles. The van der Waals surface area contributed by atoms with Crippen molar-refractivity contribution in [2.75, 3.05) is 17.2 Å². The number of nitrogens with two attached hydrogens (primary N) is 1. The first-order chi connectivity index (χ1) is 13.8. The zero-order valence-electron chi connectivity index (χ0n) is 16.3. The summed E-state index contributed by atoms with van der Waals surface area (Å²) in [6.07, 6.45) is 0. The van der Waals surface area contributed by atoms with Crippen molar-refractivity contribution in [1.29, 1.82) is 0 Å². The number of carbonyl (C=O) groups is 2. The van der Waals surface area contributed by atoms with Gasteiger partial charge in [0.05, 0.1) is 6.54 Å². The summed E-state index contributed by atoms with van der Waals surface area (Å²) in [6, 6.07) is 20.5. The average molecular weight is 387 g/mol. The molecule has 29 heavy (non-hydrogen) atoms. The molecular weight excluding hydrogens is 366 g/mol. The Morgan fingerprint density at radius 2 is 1.66 bits per heavy atom. The lowest BCUT2D eigenvalue weighted by Crippen LogP contribution is -2.54. The third kappa shape index (κ3) is 3.57. The van der Waals surface area contributed by atoms with Gasteiger partial charge in [0.25, 0.3) is 5.91 Å². The smallest absolute Gasteiger partial charge is 0.272 e. The Balaban J connectivity index is 1.61. The van der Waals surface area contributed by atoms with Crippen LogP contribution in [0, 0.1) is 0 Å². The van der Waals surface area contributed by atoms with Gasteiger partial charge in [-0.2, -0.15) is 0 Å². The van der Waals surface area contributed by atoms with Gasteiger partial charge in [-0.05, 0) is 37.1 Å². The second kappa shape index (κ2) is 7.05. The fourth-order valence-corrected chi connectivity index (χ4v) is 3.32. The van der Waals surface area contributed by atoms with E-state index in [0.29, 0.717) is 11.3 Å². The molecule has 1 aliphatic heterocycles. The molecule has 2 aromatic carbocycles. The Hall–Kier alpha value is -3.67. The molecule has 6 heteroatoms. The summed E-state index contributed by atoms with van der Waals surface area (Å²) >= 11 is 0. The Bertz CT molecular complexity index is 1080. The van der Waals surface area contributed by atoms with Gasteiger partial charge in [0.1, 0.15) is 5.82 Å². The molecule has 2 heterocycles. The summed E-state index contributed by atoms with van der Waals surface area (Å²) < 4.78 is 5.75. The zero-order valence-corrected chi connectivity index (χ0v) is 16.3. The summed E-state index contributed by atoms with van der Waals surface area (Å²) in [5, 5.41) is 0. The standard InChI is InChI=1S/C23H21N3O3/c1-23(2)22(28)26(21-19(29-23)12-13-20(24)25-21)14-18(27)17-10-8-16(9-11-17)15-6-4-3-5-7-15/h3-13H,14H2,1-2H3,(H2,24,25). The molecule has 6 nitrogen and oxygen atoms in total. The Morgan fingerprint density at radius 3 is 2.34 bits per heavy atom. The second-order valence-electron chi connectivity index (χ2n) is 7.43. The molecule has 2 N–H and O–H groups in total. The largest absolute Gasteiger partial charge is 0.474 e. The summed E-state index contributed by atoms with van der Waals surface area (Å²) in [6.45, 7) is 3.20. The number of nitrogen functional groups attached to an aromatic ring is 1. The van der Waals surface area contributed by atoms with E-state index < -0.39 is 5.60 Å². The number of aromatic nitrogens is 1. The molecule has 4 rings (SSSR count). The molecule has 0 fully saturated rings. The molecule has 1 amide bonds. The van der Waals surface area contributed by atoms with Crippen LogP contribution in [-0.2, 0) is 4.79 Å². The number of hydrogen-bond acceptors (Lipinski definition) is 5. The van der Waals surface area contributed by atoms with Crippen LogP contribution < -0.4 is 15.4 Å². The fraction of sp³-hybridized carbons (Fsp3) is 0.174. The van der Waals surface area contributed by atoms with E-state index in [2.05, 4.69) is 4.98 Å². The number of carbonyl (C=O) groups excluding carboxylic acids is 2. The van der Waals surface area contributed by atoms with Crippen LogP contribution in [0.25, 0.3) is 11.1 Å². The van der Waals surface area contributed by atoms with Crippen LogP contribution in [0.2, 0.25) is 0 Å². The van der Waals surface area contributed by atoms with Gasteiger partial charge in [-0.25, -0.2) is 4.98 Å². The van der Waals surface area contributed by atoms with Gasteiger partial charge in [0.15, 0.2) is 23.0 Å². The van der Waals surface area contributed by atoms with Crippen molar-refractivity contribution in [3.63, 3.8) is 0 Å². The van der Waals surface area contributed by atoms with E-state index in [0.717, 1.165) is 11.1 Å². The number of ketones is 1. The maximum Gasteiger partial charge on any atom is 0.272 e. The zero-order chi connectivity index (χ0) is 20.6. The third-order valence-corrected chi connectivity index (χ3v) is 4.86. The van der Waals surface area contributed by atoms with Gasteiger partial charge in [0.2, 0.25) is 0 Å². The summed E-state index contributed by atoms with van der Waals surface area (Å²) in [5.41, 5.74) is 7.30. The number of nitrogens with zero attached hydrogens (tertiary/aromatic N) is 2. The molecule has 146 valence electrons. The summed E-state index contributed by atoms with van der Waals surface area (Å²) in [4.78, 5) is 31.4. The van der Waals surface area contributed by atoms with E-state index in [1.807, 2.05) is 42.5 Å². The topological polar surface area (TPSA) is 85.5 Å². The van der Waals surface area contributed by atoms with E-state index >= 15 is 0 Å². The number of rotatable bonds is 4. The number of ether oxygens (including phenoxy) is 1. The second-order valence-corrected chi connectivity index (χ2v) is 7.43. The van der Waals surface area contributed by atoms with Crippen molar-refractivity contribution < 1.29 is 14.3 Å². The van der Waals surface area contributed by atoms with Crippen molar-refractivity contribution in [2.24, 2.45) is 0 Å². The molecular formula is C23H21N3O3. The molecule has 1 aromatic heterocycles. The van der Waals surface area contributed by atoms with Crippen molar-refractivity contribution in [1.82, 2.24) is 4.98 Å². The molecule has 1 aliphatic rings. The van der Waals surface area contributed by atoms with Crippen molar-refractivity contribution in [3.05, 3.63) is 72.3 Å². The number of hydrogen-bond donors (Lipinski definition) is 1. The number of anilines is 2. The van der Waals surface area contributed by atoms with Crippen molar-refractivity contribution in [2.45, 2.75) is 19.4 Å². The molecule has 0 radical (unpaired) electrons. The summed E-state index contributed by atoms with van der Waals surface area (Å²) in [7, 11) is 0. The minimum Gasteiger partial charge on any atom is -0.474 e. The predicted molar refractivity (Wildman–Crippen MR) is 112 cm³/mol. The van der Waals surface area contributed by atoms with Crippen LogP contribution in [0.1, 0.15) is 24.2 Å². The maximum atomic E-state index is 12.9. The number of amides is 1. The number of benzene rings is 2. The Morgan fingerprint density at radius 1 is 1.00 bits per heavy atom. The normalized spacial score (nSPS) is 14.8. The molecule has 0 bridgehead atoms. The highest BCUT2D eigenvalue weighted by atomic mass is 16.5. The molecule has 0 saturated carbocycles. The fourth-order valence-electron chi connectivity index (χ4n) is 3.32. The summed E-state index contributed by atoms with van der Waals surface area (Å²) in [5.74, 6) is 0.423. The van der Waals surface area contributed by atoms with Crippen molar-refractivity contribution in [3.8, 4) is 16.9 Å². The number of pyridine rings is 1. The monoisotopic (exact) mass is 387 g/mol. The maximum absolute atomic E-state index is 12.9. The minimum atomic E-state index is -1.09. The van der Waals surface area contributed by atoms with E-state index in [4.69, 9.17) is 10.5 Å². The quantitative estimate of drug-likeness (QED) is 0.690. The molecule has 0 spiro atoms. The van der Waals surface area contributed by atoms with E-state index in [-0.39, 0.29) is 29.9 Å². The first-order valence-corrected chi connectivity index (χ1v) is 9.31. The molecule has 0 aliphatic carbocycles. The van der Waals surface area contributed by atoms with Crippen LogP contribution in [0.5, 0.6) is 5.75 Å². The van der Waals surface area contributed by atoms with E-state index in [1.165, 1.54) is 4.90 Å². The predicted octanol–water partition coefficient (Wildman–Crippen LogP) is 3.72. The van der Waals surface area contributed by atoms with Gasteiger partial charge in [-0.3, -0.25) is 14.5 Å². The van der Waals surface area contributed by atoms with Crippen LogP contribution in [0.3, 0.4) is 0 Å². The van der Waals surface area contributed by atoms with Gasteiger partial charge in [-0.1, -0.05) is 54.6 Å². The minimum absolute atomic E-state index is 0.139. The first kappa shape index (κ1) is 18.7. The molecule has 0 unspecified atom stereocenters. The van der Waals surface area contributed by atoms with Crippen molar-refractivity contribution >= 4 is 23.3 Å². The van der Waals surface area contributed by atoms with Crippen LogP contribution in [0.4, 0.5) is 11.6 Å². The van der Waals surface area contributed by atoms with Crippen LogP contribution >= 0.6 is 0 Å². The highest BCUT2D eigenvalue weighted by Gasteiger charge is 2.42. The SMILES string of the molecule is CC1(C)Oc2ccc(N)nc2N(CC(=O)c2ccc(-c3ccccc3)cc2)C1=O. The third-order valence-electron chi connectivity index (χ3n) is 4.86. The molecule has 3 aromatic rings. The van der Waals surface area contributed by atoms with E-state index in [9.17, 15) is 9.59 Å². The van der Waals surface area contributed by atoms with Crippen LogP contribution in [0.15, 0.2) is 66.7 Å². The van der Waals surface area contributed by atoms with Gasteiger partial charge < -0.3 is 10.5 Å². The lowest BCUT2D eigenvalue weighted by Gasteiger charge is -2.37. The first-order valence-electron chi connectivity index (χ1n) is 9.31. The number of fused-ring (bicyclic) bond motifs is 1. The molecule has 0 atom stereocenters. The van der Waals surface area contributed by atoms with Gasteiger partial charge >= 0.3 is 0 Å². The number of Topliss-reactive ketones (excluding diaryl/α,β-unsaturated/α-hetero) is 1. The highest BCUT2D eigenvalue weighted by molar-refractivity contribution is 6.09. The van der Waals surface area contributed by atoms with Crippen LogP contribution in [-0.4, -0.2) is 28.8 Å². The average Bonchev–Trinajstić information content (AvgIpc) is 2.72. The van der Waals surface area contributed by atoms with Gasteiger partial charge in [0, 0.05) is 5.56 Å². The lowest BCUT2D eigenvalue weighted by atomic mass is 10.0. The Labute approximate surface area is 168 Å². The lowest BCUT2D eigenvalue weighted by molar-refractivity contribution is -0.132. The highest BCUT2D eigenvalue weighted by Crippen LogP contribution is 2.36. The van der Waals surface area contributed by atoms with E-state index in [1.54, 1.807) is 38.1 Å². The Kier molecular flexibility index (Phi) is 4.54.